The Bertz CT molecular complexity index is 428. The SMILES string of the molecule is CC.COC(=O)c1ccc(C=O)c([N+](=O)[O-])c1. The van der Waals surface area contributed by atoms with Crippen molar-refractivity contribution >= 4 is 17.9 Å². The van der Waals surface area contributed by atoms with Crippen LogP contribution in [0.2, 0.25) is 0 Å². The number of ether oxygens (including phenoxy) is 1. The first kappa shape index (κ1) is 14.8. The van der Waals surface area contributed by atoms with Gasteiger partial charge in [0.05, 0.1) is 23.2 Å². The van der Waals surface area contributed by atoms with Gasteiger partial charge in [0.2, 0.25) is 0 Å². The Balaban J connectivity index is 0.00000121. The lowest BCUT2D eigenvalue weighted by Gasteiger charge is -2.00. The summed E-state index contributed by atoms with van der Waals surface area (Å²) in [5.41, 5.74) is -0.449. The number of carbonyl (C=O) groups is 2. The topological polar surface area (TPSA) is 86.5 Å². The number of benzene rings is 1. The van der Waals surface area contributed by atoms with E-state index in [0.717, 1.165) is 6.07 Å². The Morgan fingerprint density at radius 3 is 2.41 bits per heavy atom. The third kappa shape index (κ3) is 3.67. The lowest BCUT2D eigenvalue weighted by molar-refractivity contribution is -0.385. The van der Waals surface area contributed by atoms with Crippen molar-refractivity contribution < 1.29 is 19.2 Å². The van der Waals surface area contributed by atoms with Gasteiger partial charge < -0.3 is 4.74 Å². The molecule has 0 aliphatic heterocycles. The third-order valence-corrected chi connectivity index (χ3v) is 1.78. The minimum Gasteiger partial charge on any atom is -0.465 e. The van der Waals surface area contributed by atoms with Gasteiger partial charge >= 0.3 is 5.97 Å². The molecule has 92 valence electrons. The number of esters is 1. The van der Waals surface area contributed by atoms with E-state index in [1.807, 2.05) is 13.8 Å². The summed E-state index contributed by atoms with van der Waals surface area (Å²) in [5.74, 6) is -0.685. The molecule has 6 heteroatoms. The minimum absolute atomic E-state index is 0.0369. The van der Waals surface area contributed by atoms with E-state index in [-0.39, 0.29) is 11.1 Å². The highest BCUT2D eigenvalue weighted by molar-refractivity contribution is 5.92. The van der Waals surface area contributed by atoms with Crippen molar-refractivity contribution in [3.05, 3.63) is 39.4 Å². The summed E-state index contributed by atoms with van der Waals surface area (Å²) in [6, 6.07) is 3.51. The van der Waals surface area contributed by atoms with E-state index in [0.29, 0.717) is 6.29 Å². The van der Waals surface area contributed by atoms with E-state index in [1.54, 1.807) is 0 Å². The molecule has 0 radical (unpaired) electrons. The molecule has 0 aromatic heterocycles. The first-order valence-corrected chi connectivity index (χ1v) is 4.92. The van der Waals surface area contributed by atoms with Crippen LogP contribution in [0.1, 0.15) is 34.6 Å². The van der Waals surface area contributed by atoms with Crippen LogP contribution in [0.4, 0.5) is 5.69 Å². The predicted molar refractivity (Wildman–Crippen MR) is 61.2 cm³/mol. The summed E-state index contributed by atoms with van der Waals surface area (Å²) < 4.78 is 4.39. The number of aldehydes is 1. The summed E-state index contributed by atoms with van der Waals surface area (Å²) in [4.78, 5) is 31.3. The molecule has 1 aromatic rings. The molecule has 17 heavy (non-hydrogen) atoms. The Labute approximate surface area is 98.4 Å². The summed E-state index contributed by atoms with van der Waals surface area (Å²) in [7, 11) is 1.17. The molecule has 0 atom stereocenters. The fraction of sp³-hybridized carbons (Fsp3) is 0.273. The number of hydrogen-bond acceptors (Lipinski definition) is 5. The second kappa shape index (κ2) is 7.10. The fourth-order valence-electron chi connectivity index (χ4n) is 1.05. The number of nitro groups is 1. The second-order valence-corrected chi connectivity index (χ2v) is 2.64. The van der Waals surface area contributed by atoms with E-state index >= 15 is 0 Å². The molecule has 0 heterocycles. The molecule has 1 aromatic carbocycles. The third-order valence-electron chi connectivity index (χ3n) is 1.78. The summed E-state index contributed by atoms with van der Waals surface area (Å²) in [5, 5.41) is 10.5. The van der Waals surface area contributed by atoms with Crippen molar-refractivity contribution in [2.75, 3.05) is 7.11 Å². The van der Waals surface area contributed by atoms with Crippen molar-refractivity contribution in [1.29, 1.82) is 0 Å². The van der Waals surface area contributed by atoms with E-state index in [9.17, 15) is 19.7 Å². The molecule has 0 fully saturated rings. The van der Waals surface area contributed by atoms with Crippen LogP contribution in [0.25, 0.3) is 0 Å². The van der Waals surface area contributed by atoms with Crippen LogP contribution in [-0.4, -0.2) is 24.3 Å². The number of nitrogens with zero attached hydrogens (tertiary/aromatic N) is 1. The molecular formula is C11H13NO5. The fourth-order valence-corrected chi connectivity index (χ4v) is 1.05. The Hall–Kier alpha value is -2.24. The molecule has 6 nitrogen and oxygen atoms in total. The molecule has 0 spiro atoms. The first-order chi connectivity index (χ1) is 8.10. The normalized spacial score (nSPS) is 8.65. The summed E-state index contributed by atoms with van der Waals surface area (Å²) in [6.07, 6.45) is 0.360. The van der Waals surface area contributed by atoms with Crippen LogP contribution in [0.15, 0.2) is 18.2 Å². The van der Waals surface area contributed by atoms with Crippen molar-refractivity contribution in [3.8, 4) is 0 Å². The van der Waals surface area contributed by atoms with Gasteiger partial charge in [0.25, 0.3) is 5.69 Å². The van der Waals surface area contributed by atoms with Crippen molar-refractivity contribution in [2.45, 2.75) is 13.8 Å². The number of nitro benzene ring substituents is 1. The standard InChI is InChI=1S/C9H7NO5.C2H6/c1-15-9(12)6-2-3-7(5-11)8(4-6)10(13)14;1-2/h2-5H,1H3;1-2H3. The molecule has 0 amide bonds. The Kier molecular flexibility index (Phi) is 6.17. The number of rotatable bonds is 3. The quantitative estimate of drug-likeness (QED) is 0.349. The highest BCUT2D eigenvalue weighted by Crippen LogP contribution is 2.19. The molecular weight excluding hydrogens is 226 g/mol. The van der Waals surface area contributed by atoms with Gasteiger partial charge in [0, 0.05) is 6.07 Å². The van der Waals surface area contributed by atoms with Crippen LogP contribution < -0.4 is 0 Å². The molecule has 0 aliphatic rings. The van der Waals surface area contributed by atoms with Gasteiger partial charge in [-0.1, -0.05) is 13.8 Å². The zero-order chi connectivity index (χ0) is 13.4. The van der Waals surface area contributed by atoms with Gasteiger partial charge in [-0.15, -0.1) is 0 Å². The average molecular weight is 239 g/mol. The van der Waals surface area contributed by atoms with E-state index in [4.69, 9.17) is 0 Å². The van der Waals surface area contributed by atoms with Gasteiger partial charge in [-0.05, 0) is 12.1 Å². The summed E-state index contributed by atoms with van der Waals surface area (Å²) >= 11 is 0. The van der Waals surface area contributed by atoms with Crippen LogP contribution >= 0.6 is 0 Å². The Morgan fingerprint density at radius 1 is 1.41 bits per heavy atom. The van der Waals surface area contributed by atoms with Gasteiger partial charge in [0.1, 0.15) is 0 Å². The van der Waals surface area contributed by atoms with Gasteiger partial charge in [0.15, 0.2) is 6.29 Å². The largest absolute Gasteiger partial charge is 0.465 e. The van der Waals surface area contributed by atoms with E-state index in [2.05, 4.69) is 4.74 Å². The predicted octanol–water partition coefficient (Wildman–Crippen LogP) is 2.22. The number of methoxy groups -OCH3 is 1. The minimum atomic E-state index is -0.726. The Morgan fingerprint density at radius 2 is 2.00 bits per heavy atom. The van der Waals surface area contributed by atoms with Crippen molar-refractivity contribution in [2.24, 2.45) is 0 Å². The maximum absolute atomic E-state index is 11.1. The molecule has 0 unspecified atom stereocenters. The van der Waals surface area contributed by atoms with Gasteiger partial charge in [-0.2, -0.15) is 0 Å². The monoisotopic (exact) mass is 239 g/mol. The van der Waals surface area contributed by atoms with Gasteiger partial charge in [-0.3, -0.25) is 14.9 Å². The maximum atomic E-state index is 11.1. The molecule has 0 saturated heterocycles. The average Bonchev–Trinajstić information content (AvgIpc) is 2.39. The van der Waals surface area contributed by atoms with Crippen LogP contribution in [0, 0.1) is 10.1 Å². The molecule has 0 saturated carbocycles. The zero-order valence-corrected chi connectivity index (χ0v) is 9.80. The van der Waals surface area contributed by atoms with E-state index < -0.39 is 16.6 Å². The van der Waals surface area contributed by atoms with Crippen LogP contribution in [0.5, 0.6) is 0 Å². The molecule has 1 rings (SSSR count). The molecule has 0 N–H and O–H groups in total. The van der Waals surface area contributed by atoms with Crippen molar-refractivity contribution in [3.63, 3.8) is 0 Å². The zero-order valence-electron chi connectivity index (χ0n) is 9.80. The van der Waals surface area contributed by atoms with E-state index in [1.165, 1.54) is 19.2 Å². The number of hydrogen-bond donors (Lipinski definition) is 0. The lowest BCUT2D eigenvalue weighted by Crippen LogP contribution is -2.03. The second-order valence-electron chi connectivity index (χ2n) is 2.64. The van der Waals surface area contributed by atoms with Crippen LogP contribution in [-0.2, 0) is 4.74 Å². The van der Waals surface area contributed by atoms with Crippen LogP contribution in [0.3, 0.4) is 0 Å². The number of carbonyl (C=O) groups excluding carboxylic acids is 2. The first-order valence-electron chi connectivity index (χ1n) is 4.92. The summed E-state index contributed by atoms with van der Waals surface area (Å²) in [6.45, 7) is 4.00. The molecule has 0 aliphatic carbocycles. The maximum Gasteiger partial charge on any atom is 0.338 e. The highest BCUT2D eigenvalue weighted by Gasteiger charge is 2.16. The lowest BCUT2D eigenvalue weighted by atomic mass is 10.1. The molecule has 0 bridgehead atoms. The highest BCUT2D eigenvalue weighted by atomic mass is 16.6. The van der Waals surface area contributed by atoms with Crippen molar-refractivity contribution in [1.82, 2.24) is 0 Å². The smallest absolute Gasteiger partial charge is 0.338 e. The van der Waals surface area contributed by atoms with Gasteiger partial charge in [-0.25, -0.2) is 4.79 Å².